The summed E-state index contributed by atoms with van der Waals surface area (Å²) in [5, 5.41) is 0. The normalized spacial score (nSPS) is 50.6. The molecule has 84 valence electrons. The second-order valence-corrected chi connectivity index (χ2v) is 6.81. The van der Waals surface area contributed by atoms with Crippen LogP contribution in [0.5, 0.6) is 0 Å². The summed E-state index contributed by atoms with van der Waals surface area (Å²) in [6, 6.07) is 0. The van der Waals surface area contributed by atoms with E-state index in [9.17, 15) is 4.79 Å². The van der Waals surface area contributed by atoms with Crippen LogP contribution in [-0.4, -0.2) is 16.0 Å². The first-order valence-electron chi connectivity index (χ1n) is 5.77. The summed E-state index contributed by atoms with van der Waals surface area (Å²) in [5.74, 6) is 2.20. The largest absolute Gasteiger partial charge is 0.458 e. The van der Waals surface area contributed by atoms with Gasteiger partial charge >= 0.3 is 5.97 Å². The average Bonchev–Trinajstić information content (AvgIpc) is 2.57. The number of ether oxygens (including phenoxy) is 1. The van der Waals surface area contributed by atoms with Crippen LogP contribution < -0.4 is 0 Å². The number of hydrogen-bond acceptors (Lipinski definition) is 2. The number of carbonyl (C=O) groups is 1. The first-order valence-corrected chi connectivity index (χ1v) is 7.30. The molecule has 0 N–H and O–H groups in total. The zero-order valence-electron chi connectivity index (χ0n) is 9.25. The van der Waals surface area contributed by atoms with Gasteiger partial charge in [-0.25, -0.2) is 0 Å². The third-order valence-electron chi connectivity index (χ3n) is 5.09. The molecule has 2 nitrogen and oxygen atoms in total. The zero-order chi connectivity index (χ0) is 10.8. The molecule has 1 saturated heterocycles. The van der Waals surface area contributed by atoms with Gasteiger partial charge in [0.1, 0.15) is 5.60 Å². The average molecular weight is 320 g/mol. The van der Waals surface area contributed by atoms with Crippen LogP contribution in [0.2, 0.25) is 0 Å². The van der Waals surface area contributed by atoms with E-state index in [-0.39, 0.29) is 11.6 Å². The van der Waals surface area contributed by atoms with E-state index in [0.29, 0.717) is 17.8 Å². The molecule has 0 aromatic carbocycles. The van der Waals surface area contributed by atoms with E-state index < -0.39 is 0 Å². The van der Waals surface area contributed by atoms with Crippen molar-refractivity contribution in [1.82, 2.24) is 0 Å². The molecule has 4 atom stereocenters. The predicted octanol–water partition coefficient (Wildman–Crippen LogP) is 2.79. The fraction of sp³-hybridized carbons (Fsp3) is 0.917. The molecule has 1 aliphatic heterocycles. The molecule has 3 rings (SSSR count). The van der Waals surface area contributed by atoms with Crippen LogP contribution in [-0.2, 0) is 9.53 Å². The molecule has 0 amide bonds. The maximum atomic E-state index is 11.4. The van der Waals surface area contributed by atoms with Crippen molar-refractivity contribution in [2.45, 2.75) is 38.7 Å². The van der Waals surface area contributed by atoms with Gasteiger partial charge in [-0.05, 0) is 30.1 Å². The Morgan fingerprint density at radius 2 is 2.20 bits per heavy atom. The Labute approximate surface area is 104 Å². The van der Waals surface area contributed by atoms with Gasteiger partial charge in [-0.2, -0.15) is 0 Å². The van der Waals surface area contributed by atoms with Gasteiger partial charge in [0.25, 0.3) is 0 Å². The Bertz CT molecular complexity index is 326. The predicted molar refractivity (Wildman–Crippen MR) is 65.8 cm³/mol. The highest BCUT2D eigenvalue weighted by atomic mass is 127. The Balaban J connectivity index is 1.88. The summed E-state index contributed by atoms with van der Waals surface area (Å²) < 4.78 is 6.62. The highest BCUT2D eigenvalue weighted by Gasteiger charge is 2.67. The van der Waals surface area contributed by atoms with Gasteiger partial charge in [-0.1, -0.05) is 36.4 Å². The lowest BCUT2D eigenvalue weighted by Crippen LogP contribution is -2.40. The third kappa shape index (κ3) is 1.25. The number of fused-ring (bicyclic) bond motifs is 2. The molecule has 3 aliphatic rings. The lowest BCUT2D eigenvalue weighted by Gasteiger charge is -2.35. The summed E-state index contributed by atoms with van der Waals surface area (Å²) in [7, 11) is 0. The number of hydrogen-bond donors (Lipinski definition) is 0. The first kappa shape index (κ1) is 10.4. The van der Waals surface area contributed by atoms with E-state index >= 15 is 0 Å². The van der Waals surface area contributed by atoms with Crippen LogP contribution in [0.3, 0.4) is 0 Å². The SMILES string of the molecule is CC1(C)[C@@H]2C[C@H]3CC(=O)O[C@@]3(CI)C[C@@H]21. The highest BCUT2D eigenvalue weighted by Crippen LogP contribution is 2.69. The summed E-state index contributed by atoms with van der Waals surface area (Å²) >= 11 is 2.39. The van der Waals surface area contributed by atoms with Gasteiger partial charge in [0, 0.05) is 10.3 Å². The van der Waals surface area contributed by atoms with Crippen LogP contribution in [0, 0.1) is 23.2 Å². The number of alkyl halides is 1. The fourth-order valence-electron chi connectivity index (χ4n) is 3.85. The molecule has 0 unspecified atom stereocenters. The van der Waals surface area contributed by atoms with E-state index in [1.165, 1.54) is 6.42 Å². The van der Waals surface area contributed by atoms with E-state index in [2.05, 4.69) is 36.4 Å². The van der Waals surface area contributed by atoms with Crippen LogP contribution in [0.1, 0.15) is 33.1 Å². The van der Waals surface area contributed by atoms with E-state index in [0.717, 1.165) is 22.7 Å². The van der Waals surface area contributed by atoms with Crippen LogP contribution in [0.4, 0.5) is 0 Å². The number of halogens is 1. The minimum atomic E-state index is -0.0907. The van der Waals surface area contributed by atoms with E-state index in [1.54, 1.807) is 0 Å². The molecule has 0 aromatic rings. The summed E-state index contributed by atoms with van der Waals surface area (Å²) in [6.45, 7) is 4.73. The summed E-state index contributed by atoms with van der Waals surface area (Å²) in [4.78, 5) is 11.4. The quantitative estimate of drug-likeness (QED) is 0.422. The molecule has 15 heavy (non-hydrogen) atoms. The minimum absolute atomic E-state index is 0.0378. The van der Waals surface area contributed by atoms with Gasteiger partial charge in [0.05, 0.1) is 6.42 Å². The van der Waals surface area contributed by atoms with Gasteiger partial charge in [0.15, 0.2) is 0 Å². The smallest absolute Gasteiger partial charge is 0.306 e. The Hall–Kier alpha value is 0.200. The fourth-order valence-corrected chi connectivity index (χ4v) is 4.94. The topological polar surface area (TPSA) is 26.3 Å². The van der Waals surface area contributed by atoms with Crippen molar-refractivity contribution in [3.8, 4) is 0 Å². The highest BCUT2D eigenvalue weighted by molar-refractivity contribution is 14.1. The molecule has 3 fully saturated rings. The van der Waals surface area contributed by atoms with E-state index in [4.69, 9.17) is 4.74 Å². The third-order valence-corrected chi connectivity index (χ3v) is 6.38. The Kier molecular flexibility index (Phi) is 2.00. The lowest BCUT2D eigenvalue weighted by atomic mass is 9.77. The zero-order valence-corrected chi connectivity index (χ0v) is 11.4. The van der Waals surface area contributed by atoms with Crippen LogP contribution in [0.15, 0.2) is 0 Å². The lowest BCUT2D eigenvalue weighted by molar-refractivity contribution is -0.149. The van der Waals surface area contributed by atoms with Gasteiger partial charge in [0.2, 0.25) is 0 Å². The molecular formula is C12H17IO2. The van der Waals surface area contributed by atoms with Gasteiger partial charge in [-0.15, -0.1) is 0 Å². The second-order valence-electron chi connectivity index (χ2n) is 6.05. The van der Waals surface area contributed by atoms with Crippen LogP contribution >= 0.6 is 22.6 Å². The van der Waals surface area contributed by atoms with Crippen molar-refractivity contribution in [3.63, 3.8) is 0 Å². The number of rotatable bonds is 1. The van der Waals surface area contributed by atoms with Crippen molar-refractivity contribution in [2.24, 2.45) is 23.2 Å². The minimum Gasteiger partial charge on any atom is -0.458 e. The molecular weight excluding hydrogens is 303 g/mol. The van der Waals surface area contributed by atoms with E-state index in [1.807, 2.05) is 0 Å². The van der Waals surface area contributed by atoms with Crippen molar-refractivity contribution < 1.29 is 9.53 Å². The molecule has 2 aliphatic carbocycles. The molecule has 0 aromatic heterocycles. The summed E-state index contributed by atoms with van der Waals surface area (Å²) in [6.07, 6.45) is 3.00. The first-order chi connectivity index (χ1) is 6.99. The monoisotopic (exact) mass is 320 g/mol. The molecule has 0 bridgehead atoms. The summed E-state index contributed by atoms with van der Waals surface area (Å²) in [5.41, 5.74) is 0.419. The number of esters is 1. The maximum absolute atomic E-state index is 11.4. The van der Waals surface area contributed by atoms with Crippen LogP contribution in [0.25, 0.3) is 0 Å². The van der Waals surface area contributed by atoms with Crippen molar-refractivity contribution in [3.05, 3.63) is 0 Å². The number of carbonyl (C=O) groups excluding carboxylic acids is 1. The van der Waals surface area contributed by atoms with Crippen molar-refractivity contribution in [1.29, 1.82) is 0 Å². The second kappa shape index (κ2) is 2.90. The van der Waals surface area contributed by atoms with Gasteiger partial charge < -0.3 is 4.74 Å². The molecule has 3 heteroatoms. The Morgan fingerprint density at radius 1 is 1.47 bits per heavy atom. The van der Waals surface area contributed by atoms with Crippen molar-refractivity contribution in [2.75, 3.05) is 4.43 Å². The Morgan fingerprint density at radius 3 is 2.87 bits per heavy atom. The molecule has 2 saturated carbocycles. The maximum Gasteiger partial charge on any atom is 0.306 e. The molecule has 1 heterocycles. The standard InChI is InChI=1S/C12H17IO2/c1-11(2)8-3-7-4-10(14)15-12(7,6-13)5-9(8)11/h7-9H,3-6H2,1-2H3/t7-,8+,9-,12+/m0/s1. The molecule has 0 spiro atoms. The van der Waals surface area contributed by atoms with Crippen molar-refractivity contribution >= 4 is 28.6 Å². The van der Waals surface area contributed by atoms with Gasteiger partial charge in [-0.3, -0.25) is 4.79 Å². The molecule has 0 radical (unpaired) electrons.